The molecule has 3 rings (SSSR count). The van der Waals surface area contributed by atoms with Gasteiger partial charge in [-0.1, -0.05) is 25.7 Å². The van der Waals surface area contributed by atoms with Crippen LogP contribution in [0.2, 0.25) is 0 Å². The number of carbonyl (C=O) groups excluding carboxylic acids is 1. The van der Waals surface area contributed by atoms with Gasteiger partial charge in [-0.3, -0.25) is 4.79 Å². The summed E-state index contributed by atoms with van der Waals surface area (Å²) in [6.45, 7) is 1.37. The Morgan fingerprint density at radius 3 is 2.86 bits per heavy atom. The Hall–Kier alpha value is -1.10. The maximum Gasteiger partial charge on any atom is 0.228 e. The highest BCUT2D eigenvalue weighted by Crippen LogP contribution is 2.29. The molecule has 1 saturated carbocycles. The number of carbonyl (C=O) groups is 1. The van der Waals surface area contributed by atoms with Crippen molar-refractivity contribution in [1.82, 2.24) is 9.88 Å². The van der Waals surface area contributed by atoms with Crippen LogP contribution in [0.3, 0.4) is 0 Å². The monoisotopic (exact) mass is 352 g/mol. The molecule has 0 aromatic carbocycles. The lowest BCUT2D eigenvalue weighted by Gasteiger charge is -2.39. The molecule has 0 bridgehead atoms. The highest BCUT2D eigenvalue weighted by Gasteiger charge is 2.32. The van der Waals surface area contributed by atoms with Crippen LogP contribution >= 0.6 is 15.9 Å². The molecule has 2 heterocycles. The van der Waals surface area contributed by atoms with Crippen LogP contribution < -0.4 is 4.74 Å². The van der Waals surface area contributed by atoms with E-state index in [4.69, 9.17) is 4.74 Å². The summed E-state index contributed by atoms with van der Waals surface area (Å²) in [4.78, 5) is 18.2. The number of amides is 1. The summed E-state index contributed by atoms with van der Waals surface area (Å²) in [5.74, 6) is 1.68. The maximum absolute atomic E-state index is 12.1. The van der Waals surface area contributed by atoms with Gasteiger partial charge in [0.05, 0.1) is 17.6 Å². The first kappa shape index (κ1) is 14.8. The molecule has 0 spiro atoms. The van der Waals surface area contributed by atoms with Crippen molar-refractivity contribution >= 4 is 21.8 Å². The third-order valence-corrected chi connectivity index (χ3v) is 5.05. The number of rotatable bonds is 5. The van der Waals surface area contributed by atoms with E-state index in [2.05, 4.69) is 20.9 Å². The van der Waals surface area contributed by atoms with E-state index in [-0.39, 0.29) is 12.0 Å². The van der Waals surface area contributed by atoms with Gasteiger partial charge in [-0.2, -0.15) is 0 Å². The van der Waals surface area contributed by atoms with Crippen LogP contribution in [0.15, 0.2) is 22.8 Å². The summed E-state index contributed by atoms with van der Waals surface area (Å²) in [7, 11) is 0. The summed E-state index contributed by atoms with van der Waals surface area (Å²) in [6, 6.07) is 3.77. The van der Waals surface area contributed by atoms with Crippen LogP contribution in [-0.4, -0.2) is 35.0 Å². The Balaban J connectivity index is 1.39. The molecular formula is C16H21BrN2O2. The number of ether oxygens (including phenoxy) is 1. The minimum Gasteiger partial charge on any atom is -0.470 e. The zero-order chi connectivity index (χ0) is 14.7. The van der Waals surface area contributed by atoms with E-state index in [0.717, 1.165) is 16.8 Å². The fourth-order valence-corrected chi connectivity index (χ4v) is 3.47. The van der Waals surface area contributed by atoms with Gasteiger partial charge in [-0.05, 0) is 40.4 Å². The molecule has 1 aromatic heterocycles. The van der Waals surface area contributed by atoms with Crippen LogP contribution in [-0.2, 0) is 4.79 Å². The molecule has 1 aliphatic carbocycles. The Labute approximate surface area is 134 Å². The lowest BCUT2D eigenvalue weighted by Crippen LogP contribution is -2.56. The van der Waals surface area contributed by atoms with Crippen LogP contribution in [0, 0.1) is 5.92 Å². The third-order valence-electron chi connectivity index (χ3n) is 4.44. The number of aromatic nitrogens is 1. The number of hydrogen-bond acceptors (Lipinski definition) is 3. The van der Waals surface area contributed by atoms with Crippen molar-refractivity contribution in [3.05, 3.63) is 22.8 Å². The Kier molecular flexibility index (Phi) is 4.78. The average Bonchev–Trinajstić information content (AvgIpc) is 2.95. The normalized spacial score (nSPS) is 19.6. The molecule has 21 heavy (non-hydrogen) atoms. The van der Waals surface area contributed by atoms with Gasteiger partial charge in [-0.25, -0.2) is 4.98 Å². The molecular weight excluding hydrogens is 332 g/mol. The van der Waals surface area contributed by atoms with E-state index in [0.29, 0.717) is 25.4 Å². The van der Waals surface area contributed by atoms with Crippen LogP contribution in [0.4, 0.5) is 0 Å². The predicted molar refractivity (Wildman–Crippen MR) is 84.1 cm³/mol. The SMILES string of the molecule is O=C(CCC1CCCC1)N1CC(Oc2ncccc2Br)C1. The Morgan fingerprint density at radius 2 is 2.14 bits per heavy atom. The topological polar surface area (TPSA) is 42.4 Å². The average molecular weight is 353 g/mol. The summed E-state index contributed by atoms with van der Waals surface area (Å²) in [5, 5.41) is 0. The molecule has 0 unspecified atom stereocenters. The molecule has 0 N–H and O–H groups in total. The summed E-state index contributed by atoms with van der Waals surface area (Å²) >= 11 is 3.42. The molecule has 2 fully saturated rings. The van der Waals surface area contributed by atoms with Gasteiger partial charge in [0.2, 0.25) is 11.8 Å². The molecule has 4 nitrogen and oxygen atoms in total. The second kappa shape index (κ2) is 6.77. The largest absolute Gasteiger partial charge is 0.470 e. The first-order valence-electron chi connectivity index (χ1n) is 7.77. The minimum atomic E-state index is 0.0756. The maximum atomic E-state index is 12.1. The highest BCUT2D eigenvalue weighted by molar-refractivity contribution is 9.10. The van der Waals surface area contributed by atoms with Crippen molar-refractivity contribution in [2.45, 2.75) is 44.6 Å². The lowest BCUT2D eigenvalue weighted by molar-refractivity contribution is -0.140. The summed E-state index contributed by atoms with van der Waals surface area (Å²) < 4.78 is 6.64. The molecule has 5 heteroatoms. The lowest BCUT2D eigenvalue weighted by atomic mass is 10.0. The van der Waals surface area contributed by atoms with Gasteiger partial charge in [0.15, 0.2) is 0 Å². The van der Waals surface area contributed by atoms with Gasteiger partial charge < -0.3 is 9.64 Å². The second-order valence-electron chi connectivity index (χ2n) is 6.02. The smallest absolute Gasteiger partial charge is 0.228 e. The first-order chi connectivity index (χ1) is 10.2. The predicted octanol–water partition coefficient (Wildman–Crippen LogP) is 3.40. The van der Waals surface area contributed by atoms with Crippen molar-refractivity contribution in [1.29, 1.82) is 0 Å². The van der Waals surface area contributed by atoms with Gasteiger partial charge in [-0.15, -0.1) is 0 Å². The fraction of sp³-hybridized carbons (Fsp3) is 0.625. The van der Waals surface area contributed by atoms with Crippen molar-refractivity contribution in [2.75, 3.05) is 13.1 Å². The van der Waals surface area contributed by atoms with Crippen LogP contribution in [0.5, 0.6) is 5.88 Å². The van der Waals surface area contributed by atoms with E-state index < -0.39 is 0 Å². The third kappa shape index (κ3) is 3.76. The zero-order valence-corrected chi connectivity index (χ0v) is 13.7. The first-order valence-corrected chi connectivity index (χ1v) is 8.56. The zero-order valence-electron chi connectivity index (χ0n) is 12.1. The molecule has 2 aliphatic rings. The van der Waals surface area contributed by atoms with Crippen molar-refractivity contribution in [3.8, 4) is 5.88 Å². The van der Waals surface area contributed by atoms with Gasteiger partial charge in [0, 0.05) is 12.6 Å². The van der Waals surface area contributed by atoms with E-state index in [9.17, 15) is 4.79 Å². The van der Waals surface area contributed by atoms with Gasteiger partial charge in [0.1, 0.15) is 6.10 Å². The number of hydrogen-bond donors (Lipinski definition) is 0. The van der Waals surface area contributed by atoms with Crippen LogP contribution in [0.25, 0.3) is 0 Å². The minimum absolute atomic E-state index is 0.0756. The molecule has 1 saturated heterocycles. The van der Waals surface area contributed by atoms with Gasteiger partial charge >= 0.3 is 0 Å². The molecule has 1 aromatic rings. The highest BCUT2D eigenvalue weighted by atomic mass is 79.9. The summed E-state index contributed by atoms with van der Waals surface area (Å²) in [6.07, 6.45) is 8.86. The van der Waals surface area contributed by atoms with E-state index in [1.165, 1.54) is 25.7 Å². The van der Waals surface area contributed by atoms with E-state index in [1.807, 2.05) is 17.0 Å². The molecule has 114 valence electrons. The van der Waals surface area contributed by atoms with E-state index >= 15 is 0 Å². The molecule has 1 aliphatic heterocycles. The van der Waals surface area contributed by atoms with Crippen molar-refractivity contribution < 1.29 is 9.53 Å². The van der Waals surface area contributed by atoms with E-state index in [1.54, 1.807) is 6.20 Å². The number of nitrogens with zero attached hydrogens (tertiary/aromatic N) is 2. The standard InChI is InChI=1S/C16H21BrN2O2/c17-14-6-3-9-18-16(14)21-13-10-19(11-13)15(20)8-7-12-4-1-2-5-12/h3,6,9,12-13H,1-2,4-5,7-8,10-11H2. The van der Waals surface area contributed by atoms with Crippen molar-refractivity contribution in [3.63, 3.8) is 0 Å². The van der Waals surface area contributed by atoms with Crippen molar-refractivity contribution in [2.24, 2.45) is 5.92 Å². The number of pyridine rings is 1. The molecule has 0 radical (unpaired) electrons. The Bertz CT molecular complexity index is 497. The van der Waals surface area contributed by atoms with Crippen LogP contribution in [0.1, 0.15) is 38.5 Å². The van der Waals surface area contributed by atoms with Gasteiger partial charge in [0.25, 0.3) is 0 Å². The molecule has 1 amide bonds. The second-order valence-corrected chi connectivity index (χ2v) is 6.87. The molecule has 0 atom stereocenters. The fourth-order valence-electron chi connectivity index (χ4n) is 3.12. The quantitative estimate of drug-likeness (QED) is 0.815. The Morgan fingerprint density at radius 1 is 1.38 bits per heavy atom. The summed E-state index contributed by atoms with van der Waals surface area (Å²) in [5.41, 5.74) is 0. The number of halogens is 1. The number of likely N-dealkylation sites (tertiary alicyclic amines) is 1.